The molecule has 1 amide bonds. The van der Waals surface area contributed by atoms with Gasteiger partial charge in [0.2, 0.25) is 5.91 Å². The topological polar surface area (TPSA) is 92.5 Å². The van der Waals surface area contributed by atoms with Crippen LogP contribution in [0.2, 0.25) is 0 Å². The predicted octanol–water partition coefficient (Wildman–Crippen LogP) is 3.65. The summed E-state index contributed by atoms with van der Waals surface area (Å²) in [5, 5.41) is 22.8. The van der Waals surface area contributed by atoms with E-state index in [1.807, 2.05) is 0 Å². The Bertz CT molecular complexity index is 846. The molecule has 0 atom stereocenters. The second-order valence-corrected chi connectivity index (χ2v) is 5.24. The standard InChI is InChI=1S/C17H13F3N2O4/c18-17(19,20)13-4-1-11(2-5-13)3-8-16(24)21-10-12-9-14(22(25)26)6-7-15(12)23/h1-9,23H,10H2,(H,21,24)/b8-3+. The first-order chi connectivity index (χ1) is 12.2. The lowest BCUT2D eigenvalue weighted by molar-refractivity contribution is -0.384. The number of aromatic hydroxyl groups is 1. The van der Waals surface area contributed by atoms with Crippen LogP contribution in [0.15, 0.2) is 48.5 Å². The summed E-state index contributed by atoms with van der Waals surface area (Å²) in [6, 6.07) is 7.66. The molecule has 0 saturated heterocycles. The van der Waals surface area contributed by atoms with Crippen LogP contribution in [0.5, 0.6) is 5.75 Å². The Morgan fingerprint density at radius 3 is 2.42 bits per heavy atom. The summed E-state index contributed by atoms with van der Waals surface area (Å²) < 4.78 is 37.4. The summed E-state index contributed by atoms with van der Waals surface area (Å²) in [6.45, 7) is -0.149. The number of non-ortho nitro benzene ring substituents is 1. The predicted molar refractivity (Wildman–Crippen MR) is 87.1 cm³/mol. The summed E-state index contributed by atoms with van der Waals surface area (Å²) in [6.07, 6.45) is -2.00. The molecule has 2 aromatic carbocycles. The van der Waals surface area contributed by atoms with Crippen LogP contribution in [-0.4, -0.2) is 15.9 Å². The number of nitrogens with one attached hydrogen (secondary N) is 1. The monoisotopic (exact) mass is 366 g/mol. The zero-order valence-electron chi connectivity index (χ0n) is 13.2. The van der Waals surface area contributed by atoms with Gasteiger partial charge in [-0.05, 0) is 29.8 Å². The van der Waals surface area contributed by atoms with Crippen molar-refractivity contribution < 1.29 is 28.0 Å². The summed E-state index contributed by atoms with van der Waals surface area (Å²) in [5.41, 5.74) is -0.463. The van der Waals surface area contributed by atoms with Crippen LogP contribution < -0.4 is 5.32 Å². The molecule has 0 heterocycles. The lowest BCUT2D eigenvalue weighted by atomic mass is 10.1. The summed E-state index contributed by atoms with van der Waals surface area (Å²) in [7, 11) is 0. The molecular formula is C17H13F3N2O4. The van der Waals surface area contributed by atoms with Gasteiger partial charge in [-0.1, -0.05) is 12.1 Å². The Labute approximate surface area is 145 Å². The number of alkyl halides is 3. The molecule has 9 heteroatoms. The van der Waals surface area contributed by atoms with Gasteiger partial charge in [0, 0.05) is 30.3 Å². The molecule has 0 fully saturated rings. The van der Waals surface area contributed by atoms with E-state index in [0.717, 1.165) is 36.4 Å². The largest absolute Gasteiger partial charge is 0.508 e. The maximum atomic E-state index is 12.5. The molecule has 0 unspecified atom stereocenters. The molecule has 0 spiro atoms. The zero-order chi connectivity index (χ0) is 19.3. The van der Waals surface area contributed by atoms with Crippen LogP contribution in [-0.2, 0) is 17.5 Å². The first kappa shape index (κ1) is 19.0. The van der Waals surface area contributed by atoms with E-state index >= 15 is 0 Å². The van der Waals surface area contributed by atoms with Gasteiger partial charge in [-0.3, -0.25) is 14.9 Å². The molecule has 0 aliphatic rings. The average molecular weight is 366 g/mol. The van der Waals surface area contributed by atoms with Crippen molar-refractivity contribution in [2.75, 3.05) is 0 Å². The minimum atomic E-state index is -4.43. The Morgan fingerprint density at radius 2 is 1.85 bits per heavy atom. The number of rotatable bonds is 5. The molecule has 2 rings (SSSR count). The van der Waals surface area contributed by atoms with Crippen LogP contribution in [0.1, 0.15) is 16.7 Å². The number of carbonyl (C=O) groups is 1. The summed E-state index contributed by atoms with van der Waals surface area (Å²) in [5.74, 6) is -0.779. The molecule has 0 radical (unpaired) electrons. The first-order valence-corrected chi connectivity index (χ1v) is 7.26. The van der Waals surface area contributed by atoms with E-state index in [0.29, 0.717) is 5.56 Å². The molecule has 0 aliphatic carbocycles. The van der Waals surface area contributed by atoms with Gasteiger partial charge < -0.3 is 10.4 Å². The average Bonchev–Trinajstić information content (AvgIpc) is 2.58. The number of carbonyl (C=O) groups excluding carboxylic acids is 1. The zero-order valence-corrected chi connectivity index (χ0v) is 13.2. The molecule has 0 aliphatic heterocycles. The fraction of sp³-hybridized carbons (Fsp3) is 0.118. The summed E-state index contributed by atoms with van der Waals surface area (Å²) >= 11 is 0. The van der Waals surface area contributed by atoms with Crippen molar-refractivity contribution in [1.29, 1.82) is 0 Å². The highest BCUT2D eigenvalue weighted by molar-refractivity contribution is 5.91. The highest BCUT2D eigenvalue weighted by Crippen LogP contribution is 2.29. The van der Waals surface area contributed by atoms with E-state index in [1.165, 1.54) is 18.2 Å². The minimum absolute atomic E-state index is 0.149. The number of nitro groups is 1. The van der Waals surface area contributed by atoms with Crippen LogP contribution in [0.3, 0.4) is 0 Å². The van der Waals surface area contributed by atoms with Gasteiger partial charge in [0.25, 0.3) is 5.69 Å². The third kappa shape index (κ3) is 5.07. The number of hydrogen-bond acceptors (Lipinski definition) is 4. The maximum absolute atomic E-state index is 12.5. The molecule has 0 aromatic heterocycles. The second kappa shape index (κ2) is 7.68. The van der Waals surface area contributed by atoms with E-state index in [1.54, 1.807) is 0 Å². The molecule has 26 heavy (non-hydrogen) atoms. The van der Waals surface area contributed by atoms with E-state index in [-0.39, 0.29) is 23.5 Å². The number of nitro benzene ring substituents is 1. The number of halogens is 3. The highest BCUT2D eigenvalue weighted by atomic mass is 19.4. The van der Waals surface area contributed by atoms with Gasteiger partial charge >= 0.3 is 6.18 Å². The van der Waals surface area contributed by atoms with E-state index in [4.69, 9.17) is 0 Å². The molecule has 0 saturated carbocycles. The lowest BCUT2D eigenvalue weighted by Crippen LogP contribution is -2.20. The number of hydrogen-bond donors (Lipinski definition) is 2. The third-order valence-corrected chi connectivity index (χ3v) is 3.39. The Hall–Kier alpha value is -3.36. The quantitative estimate of drug-likeness (QED) is 0.480. The van der Waals surface area contributed by atoms with Crippen molar-refractivity contribution in [3.63, 3.8) is 0 Å². The maximum Gasteiger partial charge on any atom is 0.416 e. The van der Waals surface area contributed by atoms with Crippen LogP contribution >= 0.6 is 0 Å². The van der Waals surface area contributed by atoms with Crippen LogP contribution in [0, 0.1) is 10.1 Å². The minimum Gasteiger partial charge on any atom is -0.508 e. The van der Waals surface area contributed by atoms with E-state index in [9.17, 15) is 33.2 Å². The number of phenolic OH excluding ortho intramolecular Hbond substituents is 1. The smallest absolute Gasteiger partial charge is 0.416 e. The van der Waals surface area contributed by atoms with Crippen molar-refractivity contribution in [2.24, 2.45) is 0 Å². The van der Waals surface area contributed by atoms with Gasteiger partial charge in [0.05, 0.1) is 10.5 Å². The van der Waals surface area contributed by atoms with Gasteiger partial charge in [0.15, 0.2) is 0 Å². The Kier molecular flexibility index (Phi) is 5.61. The van der Waals surface area contributed by atoms with Crippen molar-refractivity contribution in [3.05, 3.63) is 75.3 Å². The van der Waals surface area contributed by atoms with Crippen LogP contribution in [0.4, 0.5) is 18.9 Å². The molecule has 0 bridgehead atoms. The van der Waals surface area contributed by atoms with Gasteiger partial charge in [0.1, 0.15) is 5.75 Å². The fourth-order valence-corrected chi connectivity index (χ4v) is 2.02. The fourth-order valence-electron chi connectivity index (χ4n) is 2.02. The Balaban J connectivity index is 1.98. The molecule has 136 valence electrons. The first-order valence-electron chi connectivity index (χ1n) is 7.26. The van der Waals surface area contributed by atoms with Crippen molar-refractivity contribution in [3.8, 4) is 5.75 Å². The van der Waals surface area contributed by atoms with Gasteiger partial charge in [-0.15, -0.1) is 0 Å². The molecule has 2 N–H and O–H groups in total. The summed E-state index contributed by atoms with van der Waals surface area (Å²) in [4.78, 5) is 21.8. The Morgan fingerprint density at radius 1 is 1.19 bits per heavy atom. The van der Waals surface area contributed by atoms with E-state index < -0.39 is 22.6 Å². The van der Waals surface area contributed by atoms with Gasteiger partial charge in [-0.25, -0.2) is 0 Å². The normalized spacial score (nSPS) is 11.5. The van der Waals surface area contributed by atoms with Gasteiger partial charge in [-0.2, -0.15) is 13.2 Å². The molecule has 6 nitrogen and oxygen atoms in total. The number of phenols is 1. The SMILES string of the molecule is O=C(/C=C/c1ccc(C(F)(F)F)cc1)NCc1cc([N+](=O)[O-])ccc1O. The number of amides is 1. The number of benzene rings is 2. The molecule has 2 aromatic rings. The number of nitrogens with zero attached hydrogens (tertiary/aromatic N) is 1. The van der Waals surface area contributed by atoms with Crippen LogP contribution in [0.25, 0.3) is 6.08 Å². The van der Waals surface area contributed by atoms with Crippen molar-refractivity contribution in [1.82, 2.24) is 5.32 Å². The molecular weight excluding hydrogens is 353 g/mol. The third-order valence-electron chi connectivity index (χ3n) is 3.39. The lowest BCUT2D eigenvalue weighted by Gasteiger charge is -2.06. The van der Waals surface area contributed by atoms with Crippen molar-refractivity contribution in [2.45, 2.75) is 12.7 Å². The van der Waals surface area contributed by atoms with Crippen molar-refractivity contribution >= 4 is 17.7 Å². The highest BCUT2D eigenvalue weighted by Gasteiger charge is 2.29. The van der Waals surface area contributed by atoms with E-state index in [2.05, 4.69) is 5.32 Å². The second-order valence-electron chi connectivity index (χ2n) is 5.24.